The average molecular weight is 271 g/mol. The quantitative estimate of drug-likeness (QED) is 0.806. The highest BCUT2D eigenvalue weighted by molar-refractivity contribution is 5.84. The van der Waals surface area contributed by atoms with Gasteiger partial charge in [-0.3, -0.25) is 4.79 Å². The minimum absolute atomic E-state index is 0.0674. The zero-order chi connectivity index (χ0) is 13.7. The van der Waals surface area contributed by atoms with Gasteiger partial charge in [-0.25, -0.2) is 4.79 Å². The molecule has 0 bridgehead atoms. The molecule has 2 aliphatic heterocycles. The summed E-state index contributed by atoms with van der Waals surface area (Å²) in [6.07, 6.45) is 3.25. The van der Waals surface area contributed by atoms with E-state index in [2.05, 4.69) is 0 Å². The fraction of sp³-hybridized carbons (Fsp3) is 0.846. The van der Waals surface area contributed by atoms with Crippen LogP contribution < -0.4 is 0 Å². The number of rotatable bonds is 4. The van der Waals surface area contributed by atoms with Crippen molar-refractivity contribution in [2.45, 2.75) is 31.7 Å². The third kappa shape index (κ3) is 3.91. The maximum Gasteiger partial charge on any atom is 0.328 e. The molecule has 0 aromatic carbocycles. The van der Waals surface area contributed by atoms with E-state index < -0.39 is 12.0 Å². The van der Waals surface area contributed by atoms with Gasteiger partial charge in [0.25, 0.3) is 0 Å². The fourth-order valence-electron chi connectivity index (χ4n) is 2.61. The number of morpholine rings is 1. The first-order valence-corrected chi connectivity index (χ1v) is 6.86. The highest BCUT2D eigenvalue weighted by Crippen LogP contribution is 2.21. The molecule has 2 heterocycles. The van der Waals surface area contributed by atoms with Gasteiger partial charge in [-0.05, 0) is 25.2 Å². The number of carbonyl (C=O) groups is 2. The van der Waals surface area contributed by atoms with Crippen LogP contribution in [0.15, 0.2) is 0 Å². The molecule has 6 heteroatoms. The predicted octanol–water partition coefficient (Wildman–Crippen LogP) is 0.505. The van der Waals surface area contributed by atoms with E-state index in [-0.39, 0.29) is 12.5 Å². The molecule has 2 rings (SSSR count). The number of carboxylic acid groups (broad SMARTS) is 1. The van der Waals surface area contributed by atoms with E-state index in [0.717, 1.165) is 32.5 Å². The smallest absolute Gasteiger partial charge is 0.328 e. The van der Waals surface area contributed by atoms with Gasteiger partial charge in [0, 0.05) is 26.2 Å². The van der Waals surface area contributed by atoms with Crippen molar-refractivity contribution in [1.82, 2.24) is 4.90 Å². The van der Waals surface area contributed by atoms with Gasteiger partial charge in [0.15, 0.2) is 6.04 Å². The number of aliphatic carboxylic acids is 1. The Balaban J connectivity index is 1.81. The van der Waals surface area contributed by atoms with Crippen LogP contribution in [0.3, 0.4) is 0 Å². The van der Waals surface area contributed by atoms with Crippen molar-refractivity contribution in [3.05, 3.63) is 0 Å². The Labute approximate surface area is 112 Å². The second kappa shape index (κ2) is 6.86. The molecular weight excluding hydrogens is 250 g/mol. The van der Waals surface area contributed by atoms with Gasteiger partial charge in [-0.1, -0.05) is 0 Å². The van der Waals surface area contributed by atoms with Crippen LogP contribution in [-0.2, 0) is 19.1 Å². The van der Waals surface area contributed by atoms with Gasteiger partial charge in [0.2, 0.25) is 5.91 Å². The number of nitrogens with zero attached hydrogens (tertiary/aromatic N) is 1. The van der Waals surface area contributed by atoms with Crippen molar-refractivity contribution >= 4 is 11.9 Å². The lowest BCUT2D eigenvalue weighted by Gasteiger charge is -2.33. The van der Waals surface area contributed by atoms with Crippen LogP contribution in [0.25, 0.3) is 0 Å². The fourth-order valence-corrected chi connectivity index (χ4v) is 2.61. The molecule has 0 unspecified atom stereocenters. The summed E-state index contributed by atoms with van der Waals surface area (Å²) in [7, 11) is 0. The molecule has 19 heavy (non-hydrogen) atoms. The van der Waals surface area contributed by atoms with Gasteiger partial charge in [-0.15, -0.1) is 0 Å². The molecule has 0 aromatic rings. The Bertz CT molecular complexity index is 327. The molecule has 0 aliphatic carbocycles. The first kappa shape index (κ1) is 14.3. The Morgan fingerprint density at radius 2 is 1.89 bits per heavy atom. The maximum atomic E-state index is 12.1. The van der Waals surface area contributed by atoms with Crippen LogP contribution in [0, 0.1) is 5.92 Å². The topological polar surface area (TPSA) is 76.1 Å². The minimum Gasteiger partial charge on any atom is -0.480 e. The molecule has 2 aliphatic rings. The normalized spacial score (nSPS) is 25.3. The van der Waals surface area contributed by atoms with Gasteiger partial charge < -0.3 is 19.5 Å². The SMILES string of the molecule is O=C(O)[C@@H]1COCCN1C(=O)CCC1CCOCC1. The van der Waals surface area contributed by atoms with E-state index in [1.807, 2.05) is 0 Å². The van der Waals surface area contributed by atoms with E-state index in [0.29, 0.717) is 25.5 Å². The molecule has 0 radical (unpaired) electrons. The van der Waals surface area contributed by atoms with E-state index in [4.69, 9.17) is 14.6 Å². The summed E-state index contributed by atoms with van der Waals surface area (Å²) in [6, 6.07) is -0.823. The number of amides is 1. The third-order valence-electron chi connectivity index (χ3n) is 3.84. The molecule has 1 amide bonds. The molecule has 2 fully saturated rings. The molecule has 2 saturated heterocycles. The van der Waals surface area contributed by atoms with Crippen LogP contribution in [-0.4, -0.2) is 60.9 Å². The molecule has 0 spiro atoms. The van der Waals surface area contributed by atoms with E-state index in [1.165, 1.54) is 4.90 Å². The molecular formula is C13H21NO5. The summed E-state index contributed by atoms with van der Waals surface area (Å²) in [6.45, 7) is 2.44. The lowest BCUT2D eigenvalue weighted by Crippen LogP contribution is -2.52. The zero-order valence-electron chi connectivity index (χ0n) is 11.0. The van der Waals surface area contributed by atoms with Crippen molar-refractivity contribution in [1.29, 1.82) is 0 Å². The number of hydrogen-bond donors (Lipinski definition) is 1. The second-order valence-corrected chi connectivity index (χ2v) is 5.11. The van der Waals surface area contributed by atoms with Crippen LogP contribution in [0.5, 0.6) is 0 Å². The highest BCUT2D eigenvalue weighted by Gasteiger charge is 2.32. The van der Waals surface area contributed by atoms with Crippen molar-refractivity contribution < 1.29 is 24.2 Å². The van der Waals surface area contributed by atoms with Crippen molar-refractivity contribution in [3.63, 3.8) is 0 Å². The van der Waals surface area contributed by atoms with Crippen LogP contribution in [0.2, 0.25) is 0 Å². The molecule has 1 N–H and O–H groups in total. The molecule has 6 nitrogen and oxygen atoms in total. The molecule has 0 saturated carbocycles. The minimum atomic E-state index is -0.987. The average Bonchev–Trinajstić information content (AvgIpc) is 2.46. The summed E-state index contributed by atoms with van der Waals surface area (Å²) >= 11 is 0. The summed E-state index contributed by atoms with van der Waals surface area (Å²) in [5, 5.41) is 9.08. The van der Waals surface area contributed by atoms with E-state index >= 15 is 0 Å². The zero-order valence-corrected chi connectivity index (χ0v) is 11.0. The van der Waals surface area contributed by atoms with Crippen molar-refractivity contribution in [3.8, 4) is 0 Å². The standard InChI is InChI=1S/C13H21NO5/c15-12(2-1-10-3-6-18-7-4-10)14-5-8-19-9-11(14)13(16)17/h10-11H,1-9H2,(H,16,17)/t11-/m0/s1. The Hall–Kier alpha value is -1.14. The maximum absolute atomic E-state index is 12.1. The van der Waals surface area contributed by atoms with Gasteiger partial charge >= 0.3 is 5.97 Å². The van der Waals surface area contributed by atoms with Crippen molar-refractivity contribution in [2.75, 3.05) is 33.0 Å². The molecule has 108 valence electrons. The molecule has 1 atom stereocenters. The largest absolute Gasteiger partial charge is 0.480 e. The summed E-state index contributed by atoms with van der Waals surface area (Å²) in [5.74, 6) is -0.525. The number of carboxylic acids is 1. The first-order valence-electron chi connectivity index (χ1n) is 6.86. The highest BCUT2D eigenvalue weighted by atomic mass is 16.5. The van der Waals surface area contributed by atoms with E-state index in [9.17, 15) is 9.59 Å². The Kier molecular flexibility index (Phi) is 5.15. The predicted molar refractivity (Wildman–Crippen MR) is 66.7 cm³/mol. The monoisotopic (exact) mass is 271 g/mol. The Morgan fingerprint density at radius 1 is 1.16 bits per heavy atom. The number of ether oxygens (including phenoxy) is 2. The van der Waals surface area contributed by atoms with Crippen LogP contribution in [0.1, 0.15) is 25.7 Å². The lowest BCUT2D eigenvalue weighted by atomic mass is 9.94. The van der Waals surface area contributed by atoms with E-state index in [1.54, 1.807) is 0 Å². The van der Waals surface area contributed by atoms with Crippen LogP contribution in [0.4, 0.5) is 0 Å². The third-order valence-corrected chi connectivity index (χ3v) is 3.84. The summed E-state index contributed by atoms with van der Waals surface area (Å²) in [4.78, 5) is 24.7. The van der Waals surface area contributed by atoms with Gasteiger partial charge in [0.05, 0.1) is 13.2 Å². The van der Waals surface area contributed by atoms with Crippen molar-refractivity contribution in [2.24, 2.45) is 5.92 Å². The second-order valence-electron chi connectivity index (χ2n) is 5.11. The van der Waals surface area contributed by atoms with Crippen LogP contribution >= 0.6 is 0 Å². The number of carbonyl (C=O) groups excluding carboxylic acids is 1. The number of hydrogen-bond acceptors (Lipinski definition) is 4. The van der Waals surface area contributed by atoms with Gasteiger partial charge in [0.1, 0.15) is 0 Å². The Morgan fingerprint density at radius 3 is 2.58 bits per heavy atom. The van der Waals surface area contributed by atoms with Gasteiger partial charge in [-0.2, -0.15) is 0 Å². The molecule has 0 aromatic heterocycles. The lowest BCUT2D eigenvalue weighted by molar-refractivity contribution is -0.158. The summed E-state index contributed by atoms with van der Waals surface area (Å²) in [5.41, 5.74) is 0. The summed E-state index contributed by atoms with van der Waals surface area (Å²) < 4.78 is 10.4. The first-order chi connectivity index (χ1) is 9.18.